The highest BCUT2D eigenvalue weighted by atomic mass is 16.3. The van der Waals surface area contributed by atoms with Crippen LogP contribution in [-0.4, -0.2) is 30.6 Å². The first-order valence-corrected chi connectivity index (χ1v) is 18.9. The van der Waals surface area contributed by atoms with E-state index in [1.165, 1.54) is 11.1 Å². The SMILES string of the molecule is CC(C)c1ccc2c(O)c(O)[n+](C(C)C)cc2c1.CC(C)c1ccc2c[n+](C(C)C)c(O)c(O)c2c1.CC(C)c1cccc2c(O)c(O)[n+](C(C)C)cc12. The Morgan fingerprint density at radius 2 is 0.833 bits per heavy atom. The van der Waals surface area contributed by atoms with Crippen LogP contribution in [0.3, 0.4) is 0 Å². The molecule has 0 bridgehead atoms. The van der Waals surface area contributed by atoms with E-state index in [1.54, 1.807) is 13.7 Å². The van der Waals surface area contributed by atoms with Crippen LogP contribution in [0, 0.1) is 0 Å². The highest BCUT2D eigenvalue weighted by Gasteiger charge is 2.25. The molecule has 6 rings (SSSR count). The third-order valence-electron chi connectivity index (χ3n) is 9.88. The molecule has 0 spiro atoms. The first kappa shape index (κ1) is 41.4. The summed E-state index contributed by atoms with van der Waals surface area (Å²) in [4.78, 5) is 0. The van der Waals surface area contributed by atoms with E-state index in [-0.39, 0.29) is 53.0 Å². The number of aromatic hydroxyl groups is 6. The van der Waals surface area contributed by atoms with E-state index in [9.17, 15) is 30.6 Å². The maximum Gasteiger partial charge on any atom is 0.409 e. The van der Waals surface area contributed by atoms with Gasteiger partial charge in [0.05, 0.1) is 10.8 Å². The van der Waals surface area contributed by atoms with Gasteiger partial charge in [-0.15, -0.1) is 0 Å². The molecule has 3 aromatic heterocycles. The summed E-state index contributed by atoms with van der Waals surface area (Å²) in [7, 11) is 0. The lowest BCUT2D eigenvalue weighted by atomic mass is 9.97. The molecule has 0 saturated heterocycles. The second kappa shape index (κ2) is 16.8. The molecule has 9 nitrogen and oxygen atoms in total. The number of fused-ring (bicyclic) bond motifs is 3. The average molecular weight is 739 g/mol. The third-order valence-corrected chi connectivity index (χ3v) is 9.88. The van der Waals surface area contributed by atoms with Crippen LogP contribution < -0.4 is 13.7 Å². The average Bonchev–Trinajstić information content (AvgIpc) is 3.12. The van der Waals surface area contributed by atoms with E-state index in [0.717, 1.165) is 21.7 Å². The molecule has 288 valence electrons. The highest BCUT2D eigenvalue weighted by Crippen LogP contribution is 2.36. The number of pyridine rings is 3. The van der Waals surface area contributed by atoms with Gasteiger partial charge in [0, 0.05) is 21.5 Å². The molecule has 54 heavy (non-hydrogen) atoms. The zero-order valence-electron chi connectivity index (χ0n) is 33.9. The van der Waals surface area contributed by atoms with Crippen LogP contribution in [0.1, 0.15) is 136 Å². The summed E-state index contributed by atoms with van der Waals surface area (Å²) >= 11 is 0. The quantitative estimate of drug-likeness (QED) is 0.0943. The summed E-state index contributed by atoms with van der Waals surface area (Å²) in [6.45, 7) is 24.6. The van der Waals surface area contributed by atoms with E-state index >= 15 is 0 Å². The van der Waals surface area contributed by atoms with Crippen molar-refractivity contribution in [1.29, 1.82) is 0 Å². The number of benzene rings is 3. The van der Waals surface area contributed by atoms with Gasteiger partial charge < -0.3 is 30.6 Å². The van der Waals surface area contributed by atoms with Crippen LogP contribution in [-0.2, 0) is 0 Å². The smallest absolute Gasteiger partial charge is 0.409 e. The van der Waals surface area contributed by atoms with E-state index in [1.807, 2.05) is 96.5 Å². The van der Waals surface area contributed by atoms with Crippen molar-refractivity contribution < 1.29 is 44.3 Å². The van der Waals surface area contributed by atoms with Crippen molar-refractivity contribution in [3.8, 4) is 34.9 Å². The van der Waals surface area contributed by atoms with E-state index < -0.39 is 0 Å². The Hall–Kier alpha value is -5.31. The predicted octanol–water partition coefficient (Wildman–Crippen LogP) is 9.73. The normalized spacial score (nSPS) is 11.7. The molecule has 0 aliphatic rings. The molecule has 3 aromatic carbocycles. The predicted molar refractivity (Wildman–Crippen MR) is 216 cm³/mol. The topological polar surface area (TPSA) is 133 Å². The number of hydrogen-bond donors (Lipinski definition) is 6. The first-order valence-electron chi connectivity index (χ1n) is 18.9. The zero-order valence-corrected chi connectivity index (χ0v) is 33.9. The summed E-state index contributed by atoms with van der Waals surface area (Å²) in [5, 5.41) is 65.2. The highest BCUT2D eigenvalue weighted by molar-refractivity contribution is 5.91. The maximum atomic E-state index is 10.1. The zero-order chi connectivity index (χ0) is 40.3. The fourth-order valence-corrected chi connectivity index (χ4v) is 6.48. The Balaban J connectivity index is 0.000000180. The van der Waals surface area contributed by atoms with Crippen molar-refractivity contribution in [1.82, 2.24) is 0 Å². The first-order chi connectivity index (χ1) is 25.3. The summed E-state index contributed by atoms with van der Waals surface area (Å²) in [6, 6.07) is 18.0. The van der Waals surface area contributed by atoms with Gasteiger partial charge in [0.1, 0.15) is 0 Å². The molecule has 0 aliphatic carbocycles. The lowest BCUT2D eigenvalue weighted by molar-refractivity contribution is -0.720. The molecule has 6 N–H and O–H groups in total. The largest absolute Gasteiger partial charge is 0.499 e. The van der Waals surface area contributed by atoms with E-state index in [4.69, 9.17) is 0 Å². The Bertz CT molecular complexity index is 2260. The van der Waals surface area contributed by atoms with Crippen LogP contribution in [0.2, 0.25) is 0 Å². The summed E-state index contributed by atoms with van der Waals surface area (Å²) in [6.07, 6.45) is 5.68. The van der Waals surface area contributed by atoms with E-state index in [2.05, 4.69) is 59.7 Å². The summed E-state index contributed by atoms with van der Waals surface area (Å²) < 4.78 is 5.05. The molecule has 0 saturated carbocycles. The Kier molecular flexibility index (Phi) is 12.9. The van der Waals surface area contributed by atoms with Crippen molar-refractivity contribution in [2.75, 3.05) is 0 Å². The molecule has 0 fully saturated rings. The lowest BCUT2D eigenvalue weighted by Gasteiger charge is -2.12. The van der Waals surface area contributed by atoms with Crippen LogP contribution in [0.4, 0.5) is 0 Å². The van der Waals surface area contributed by atoms with Crippen LogP contribution in [0.5, 0.6) is 34.9 Å². The lowest BCUT2D eigenvalue weighted by Crippen LogP contribution is -2.36. The molecule has 0 radical (unpaired) electrons. The van der Waals surface area contributed by atoms with Crippen molar-refractivity contribution in [2.45, 2.75) is 119 Å². The molecular weight excluding hydrogens is 679 g/mol. The number of aromatic nitrogens is 3. The minimum Gasteiger partial charge on any atom is -0.499 e. The monoisotopic (exact) mass is 738 g/mol. The van der Waals surface area contributed by atoms with Gasteiger partial charge in [-0.3, -0.25) is 0 Å². The Morgan fingerprint density at radius 1 is 0.389 bits per heavy atom. The van der Waals surface area contributed by atoms with Gasteiger partial charge in [0.15, 0.2) is 36.7 Å². The fourth-order valence-electron chi connectivity index (χ4n) is 6.48. The Morgan fingerprint density at radius 3 is 1.33 bits per heavy atom. The molecule has 3 heterocycles. The van der Waals surface area contributed by atoms with Gasteiger partial charge in [-0.25, -0.2) is 0 Å². The number of nitrogens with zero attached hydrogens (tertiary/aromatic N) is 3. The fraction of sp³-hybridized carbons (Fsp3) is 0.400. The molecule has 0 unspecified atom stereocenters. The van der Waals surface area contributed by atoms with Crippen molar-refractivity contribution >= 4 is 32.3 Å². The molecule has 0 atom stereocenters. The summed E-state index contributed by atoms with van der Waals surface area (Å²) in [5.74, 6) is 0.875. The second-order valence-corrected chi connectivity index (χ2v) is 15.9. The number of hydrogen-bond acceptors (Lipinski definition) is 6. The van der Waals surface area contributed by atoms with Gasteiger partial charge in [-0.2, -0.15) is 13.7 Å². The van der Waals surface area contributed by atoms with Crippen molar-refractivity contribution in [2.24, 2.45) is 0 Å². The van der Waals surface area contributed by atoms with Crippen LogP contribution >= 0.6 is 0 Å². The van der Waals surface area contributed by atoms with Crippen LogP contribution in [0.25, 0.3) is 32.3 Å². The number of rotatable bonds is 6. The summed E-state index contributed by atoms with van der Waals surface area (Å²) in [5.41, 5.74) is 3.56. The maximum absolute atomic E-state index is 10.1. The van der Waals surface area contributed by atoms with Gasteiger partial charge in [-0.1, -0.05) is 71.9 Å². The van der Waals surface area contributed by atoms with Crippen molar-refractivity contribution in [3.05, 3.63) is 89.9 Å². The van der Waals surface area contributed by atoms with Crippen molar-refractivity contribution in [3.63, 3.8) is 0 Å². The van der Waals surface area contributed by atoms with Crippen LogP contribution in [0.15, 0.2) is 73.2 Å². The molecule has 6 aromatic rings. The molecule has 9 heteroatoms. The van der Waals surface area contributed by atoms with Gasteiger partial charge in [0.2, 0.25) is 17.2 Å². The second-order valence-electron chi connectivity index (χ2n) is 15.9. The van der Waals surface area contributed by atoms with Gasteiger partial charge in [0.25, 0.3) is 0 Å². The van der Waals surface area contributed by atoms with Gasteiger partial charge in [-0.05, 0) is 100 Å². The minimum atomic E-state index is -0.0743. The Labute approximate surface area is 319 Å². The van der Waals surface area contributed by atoms with Gasteiger partial charge >= 0.3 is 17.6 Å². The molecule has 0 aliphatic heterocycles. The molecule has 0 amide bonds. The third kappa shape index (κ3) is 8.56. The minimum absolute atomic E-state index is 0.0382. The molecular formula is C45H60N3O6+3. The standard InChI is InChI=1S/3C15H19NO2/c1-9(2)11-5-6-13-12(7-11)8-16(10(3)4)15(18)14(13)17;1-9(2)11-5-6-12-8-16(10(3)4)15(18)14(17)13(12)7-11;1-9(2)11-6-5-7-12-13(11)8-16(10(3)4)15(18)14(12)17/h3*5-10,17H,1-4H3/p+3. The van der Waals surface area contributed by atoms with E-state index in [0.29, 0.717) is 33.9 Å².